The molecule has 1 aromatic carbocycles. The fourth-order valence-corrected chi connectivity index (χ4v) is 7.47. The zero-order valence-electron chi connectivity index (χ0n) is 27.2. The molecule has 0 bridgehead atoms. The highest BCUT2D eigenvalue weighted by Gasteiger charge is 2.55. The van der Waals surface area contributed by atoms with Gasteiger partial charge in [0.25, 0.3) is 10.1 Å². The third kappa shape index (κ3) is 9.04. The van der Waals surface area contributed by atoms with Gasteiger partial charge in [0.05, 0.1) is 17.1 Å². The number of benzene rings is 1. The van der Waals surface area contributed by atoms with Crippen molar-refractivity contribution >= 4 is 39.0 Å². The van der Waals surface area contributed by atoms with Crippen molar-refractivity contribution < 1.29 is 31.3 Å². The van der Waals surface area contributed by atoms with Crippen molar-refractivity contribution in [2.45, 2.75) is 38.8 Å². The van der Waals surface area contributed by atoms with Crippen molar-refractivity contribution in [3.8, 4) is 5.69 Å². The number of carbonyl (C=O) groups excluding carboxylic acids is 2. The molecule has 2 saturated heterocycles. The topological polar surface area (TPSA) is 207 Å². The lowest BCUT2D eigenvalue weighted by atomic mass is 10.0. The highest BCUT2D eigenvalue weighted by molar-refractivity contribution is 7.85. The Hall–Kier alpha value is -3.26. The molecule has 1 aromatic heterocycles. The van der Waals surface area contributed by atoms with Gasteiger partial charge in [0.1, 0.15) is 11.7 Å². The van der Waals surface area contributed by atoms with Crippen LogP contribution in [0.2, 0.25) is 0 Å². The average Bonchev–Trinajstić information content (AvgIpc) is 3.46. The van der Waals surface area contributed by atoms with Crippen LogP contribution in [0.5, 0.6) is 0 Å². The van der Waals surface area contributed by atoms with Gasteiger partial charge >= 0.3 is 11.7 Å². The first-order valence-electron chi connectivity index (χ1n) is 15.9. The van der Waals surface area contributed by atoms with Crippen LogP contribution in [-0.4, -0.2) is 127 Å². The predicted molar refractivity (Wildman–Crippen MR) is 179 cm³/mol. The molecule has 264 valence electrons. The number of carbonyl (C=O) groups is 2. The summed E-state index contributed by atoms with van der Waals surface area (Å²) in [5, 5.41) is 8.26. The molecular weight excluding hydrogens is 665 g/mol. The van der Waals surface area contributed by atoms with E-state index in [1.54, 1.807) is 12.3 Å². The average molecular weight is 709 g/mol. The number of likely N-dealkylation sites (tertiary alicyclic amines) is 1. The van der Waals surface area contributed by atoms with E-state index >= 15 is 0 Å². The van der Waals surface area contributed by atoms with Gasteiger partial charge in [-0.05, 0) is 75.3 Å². The monoisotopic (exact) mass is 708 g/mol. The van der Waals surface area contributed by atoms with Gasteiger partial charge in [0.2, 0.25) is 5.91 Å². The van der Waals surface area contributed by atoms with Crippen LogP contribution >= 0.6 is 0 Å². The predicted octanol–water partition coefficient (Wildman–Crippen LogP) is -0.000300. The summed E-state index contributed by atoms with van der Waals surface area (Å²) in [5.41, 5.74) is 0.0186. The lowest BCUT2D eigenvalue weighted by Gasteiger charge is -2.38. The van der Waals surface area contributed by atoms with Crippen molar-refractivity contribution in [3.63, 3.8) is 0 Å². The molecule has 5 N–H and O–H groups in total. The second-order valence-corrected chi connectivity index (χ2v) is 15.7. The number of nitrogens with zero attached hydrogens (tertiary/aromatic N) is 5. The van der Waals surface area contributed by atoms with Gasteiger partial charge in [0.15, 0.2) is 11.1 Å². The second kappa shape index (κ2) is 14.7. The molecule has 1 saturated carbocycles. The summed E-state index contributed by atoms with van der Waals surface area (Å²) in [4.78, 5) is 48.2. The Morgan fingerprint density at radius 3 is 2.27 bits per heavy atom. The lowest BCUT2D eigenvalue weighted by molar-refractivity contribution is -0.138. The number of rotatable bonds is 13. The van der Waals surface area contributed by atoms with E-state index in [0.29, 0.717) is 29.5 Å². The molecular formula is C30H44N8O8S2. The largest absolute Gasteiger partial charge is 0.354 e. The molecule has 16 nitrogen and oxygen atoms in total. The summed E-state index contributed by atoms with van der Waals surface area (Å²) in [6, 6.07) is 9.19. The number of aromatic nitrogens is 2. The van der Waals surface area contributed by atoms with Gasteiger partial charge in [-0.15, -0.1) is 0 Å². The Labute approximate surface area is 282 Å². The maximum absolute atomic E-state index is 12.9. The van der Waals surface area contributed by atoms with Crippen LogP contribution in [0.25, 0.3) is 5.69 Å². The number of nitrogens with one attached hydrogen (secondary N) is 3. The Balaban J connectivity index is 1.07. The molecule has 48 heavy (non-hydrogen) atoms. The summed E-state index contributed by atoms with van der Waals surface area (Å²) in [6.07, 6.45) is 2.43. The van der Waals surface area contributed by atoms with Crippen LogP contribution < -0.4 is 21.6 Å². The van der Waals surface area contributed by atoms with Crippen molar-refractivity contribution in [3.05, 3.63) is 52.6 Å². The van der Waals surface area contributed by atoms with Crippen LogP contribution in [-0.2, 0) is 32.4 Å². The van der Waals surface area contributed by atoms with E-state index in [9.17, 15) is 27.0 Å². The van der Waals surface area contributed by atoms with Crippen LogP contribution in [0.15, 0.2) is 41.3 Å². The number of amides is 3. The van der Waals surface area contributed by atoms with Gasteiger partial charge in [0, 0.05) is 51.5 Å². The van der Waals surface area contributed by atoms with Gasteiger partial charge in [-0.25, -0.2) is 13.8 Å². The minimum atomic E-state index is -4.29. The molecule has 5 rings (SSSR count). The van der Waals surface area contributed by atoms with Gasteiger partial charge < -0.3 is 19.7 Å². The lowest BCUT2D eigenvalue weighted by Crippen LogP contribution is -2.60. The molecule has 3 amide bonds. The van der Waals surface area contributed by atoms with Crippen LogP contribution in [0, 0.1) is 17.8 Å². The third-order valence-corrected chi connectivity index (χ3v) is 10.5. The van der Waals surface area contributed by atoms with Gasteiger partial charge in [-0.2, -0.15) is 13.4 Å². The summed E-state index contributed by atoms with van der Waals surface area (Å²) in [5.74, 6) is 0.978. The normalized spacial score (nSPS) is 22.6. The number of piperazine rings is 1. The van der Waals surface area contributed by atoms with E-state index < -0.39 is 44.3 Å². The molecule has 0 radical (unpaired) electrons. The van der Waals surface area contributed by atoms with Crippen molar-refractivity contribution in [1.29, 1.82) is 0 Å². The first-order chi connectivity index (χ1) is 22.6. The van der Waals surface area contributed by atoms with E-state index in [1.807, 2.05) is 24.3 Å². The minimum absolute atomic E-state index is 0.103. The Morgan fingerprint density at radius 2 is 1.69 bits per heavy atom. The zero-order valence-corrected chi connectivity index (χ0v) is 28.9. The van der Waals surface area contributed by atoms with Crippen LogP contribution in [0.4, 0.5) is 10.6 Å². The number of hydrogen-bond acceptors (Lipinski definition) is 10. The standard InChI is InChI=1S/C30H44N8O8S2/c1-20(37-16-24-23(25(24)17-37)15-31-18-47(42)43)14-21-4-6-22(7-5-21)38-9-8-26(34-29(38)41)33-28(40)36-12-10-35(11-13-36)27(39)30(2,3)32-19-48(44,45)46/h4-9,20,23-25,31-32H,10-19H2,1-3H3,(H,42,43)(H,44,45,46)(H,33,34,40,41)/t20?,23?,24-,25+. The molecule has 3 fully saturated rings. The molecule has 3 unspecified atom stereocenters. The summed E-state index contributed by atoms with van der Waals surface area (Å²) in [7, 11) is -4.29. The maximum Gasteiger partial charge on any atom is 0.354 e. The van der Waals surface area contributed by atoms with Gasteiger partial charge in [-0.3, -0.25) is 29.4 Å². The molecule has 18 heteroatoms. The fourth-order valence-electron chi connectivity index (χ4n) is 6.63. The molecule has 0 spiro atoms. The molecule has 3 heterocycles. The molecule has 2 aliphatic heterocycles. The highest BCUT2D eigenvalue weighted by atomic mass is 32.2. The second-order valence-electron chi connectivity index (χ2n) is 13.3. The first kappa shape index (κ1) is 36.0. The number of fused-ring (bicyclic) bond motifs is 1. The fraction of sp³-hybridized carbons (Fsp3) is 0.600. The Morgan fingerprint density at radius 1 is 1.06 bits per heavy atom. The van der Waals surface area contributed by atoms with E-state index in [0.717, 1.165) is 31.6 Å². The maximum atomic E-state index is 12.9. The Kier molecular flexibility index (Phi) is 11.0. The number of urea groups is 1. The van der Waals surface area contributed by atoms with Crippen LogP contribution in [0.1, 0.15) is 26.3 Å². The molecule has 3 aliphatic rings. The smallest absolute Gasteiger partial charge is 0.338 e. The van der Waals surface area contributed by atoms with E-state index in [4.69, 9.17) is 9.11 Å². The molecule has 2 aromatic rings. The van der Waals surface area contributed by atoms with E-state index in [-0.39, 0.29) is 43.8 Å². The number of piperidine rings is 1. The quantitative estimate of drug-likeness (QED) is 0.138. The highest BCUT2D eigenvalue weighted by Crippen LogP contribution is 2.51. The first-order valence-corrected chi connectivity index (χ1v) is 18.8. The number of anilines is 1. The van der Waals surface area contributed by atoms with Crippen molar-refractivity contribution in [2.24, 2.45) is 17.8 Å². The van der Waals surface area contributed by atoms with E-state index in [1.165, 1.54) is 28.2 Å². The summed E-state index contributed by atoms with van der Waals surface area (Å²) >= 11 is -1.81. The van der Waals surface area contributed by atoms with Gasteiger partial charge in [-0.1, -0.05) is 12.1 Å². The summed E-state index contributed by atoms with van der Waals surface area (Å²) in [6.45, 7) is 9.01. The van der Waals surface area contributed by atoms with Crippen LogP contribution in [0.3, 0.4) is 0 Å². The zero-order chi connectivity index (χ0) is 34.8. The van der Waals surface area contributed by atoms with Crippen molar-refractivity contribution in [2.75, 3.05) is 62.9 Å². The Bertz CT molecular complexity index is 1670. The molecule has 1 aliphatic carbocycles. The third-order valence-electron chi connectivity index (χ3n) is 9.50. The van der Waals surface area contributed by atoms with Crippen molar-refractivity contribution in [1.82, 2.24) is 34.9 Å². The SMILES string of the molecule is CC(Cc1ccc(-n2ccc(NC(=O)N3CCN(C(=O)C(C)(C)NCS(=O)(=O)O)CC3)nc2=O)cc1)N1C[C@@H]2C(CNCS(=O)O)[C@@H]2C1. The summed E-state index contributed by atoms with van der Waals surface area (Å²) < 4.78 is 52.3. The molecule has 5 atom stereocenters. The minimum Gasteiger partial charge on any atom is -0.338 e. The van der Waals surface area contributed by atoms with E-state index in [2.05, 4.69) is 32.8 Å². The number of hydrogen-bond donors (Lipinski definition) is 5.